The van der Waals surface area contributed by atoms with Crippen molar-refractivity contribution in [3.63, 3.8) is 0 Å². The van der Waals surface area contributed by atoms with Crippen LogP contribution in [0, 0.1) is 0 Å². The largest absolute Gasteiger partial charge is 0.437 e. The molecule has 4 aromatic rings. The van der Waals surface area contributed by atoms with E-state index in [1.54, 1.807) is 29.9 Å². The van der Waals surface area contributed by atoms with Gasteiger partial charge in [-0.2, -0.15) is 0 Å². The lowest BCUT2D eigenvalue weighted by molar-refractivity contribution is -0.119. The van der Waals surface area contributed by atoms with E-state index in [0.29, 0.717) is 17.9 Å². The number of likely N-dealkylation sites (N-methyl/N-ethyl adjacent to an activating group) is 1. The minimum absolute atomic E-state index is 0.0381. The number of nitrogens with zero attached hydrogens (tertiary/aromatic N) is 3. The summed E-state index contributed by atoms with van der Waals surface area (Å²) in [5.74, 6) is 0.321. The summed E-state index contributed by atoms with van der Waals surface area (Å²) in [6, 6.07) is 15.3. The normalized spacial score (nSPS) is 16.1. The van der Waals surface area contributed by atoms with Gasteiger partial charge in [0.15, 0.2) is 0 Å². The van der Waals surface area contributed by atoms with Gasteiger partial charge in [0.05, 0.1) is 11.9 Å². The Morgan fingerprint density at radius 2 is 2.03 bits per heavy atom. The molecule has 8 heteroatoms. The topological polar surface area (TPSA) is 80.4 Å². The summed E-state index contributed by atoms with van der Waals surface area (Å²) in [6.07, 6.45) is 4.10. The molecule has 3 heterocycles. The van der Waals surface area contributed by atoms with Gasteiger partial charge in [0.25, 0.3) is 5.89 Å². The second-order valence-electron chi connectivity index (χ2n) is 7.83. The van der Waals surface area contributed by atoms with Gasteiger partial charge >= 0.3 is 5.91 Å². The van der Waals surface area contributed by atoms with Gasteiger partial charge in [-0.25, -0.2) is 4.98 Å². The summed E-state index contributed by atoms with van der Waals surface area (Å²) in [7, 11) is 3.74. The third-order valence-corrected chi connectivity index (χ3v) is 6.77. The minimum atomic E-state index is -0.683. The van der Waals surface area contributed by atoms with E-state index in [1.165, 1.54) is 0 Å². The summed E-state index contributed by atoms with van der Waals surface area (Å²) >= 11 is 1.55. The van der Waals surface area contributed by atoms with Crippen LogP contribution in [0.3, 0.4) is 0 Å². The zero-order chi connectivity index (χ0) is 22.2. The van der Waals surface area contributed by atoms with Crippen molar-refractivity contribution in [2.75, 3.05) is 17.7 Å². The number of benzene rings is 2. The maximum atomic E-state index is 13.1. The molecule has 0 unspecified atom stereocenters. The fourth-order valence-corrected chi connectivity index (χ4v) is 4.99. The predicted molar refractivity (Wildman–Crippen MR) is 124 cm³/mol. The number of anilines is 1. The summed E-state index contributed by atoms with van der Waals surface area (Å²) in [5.41, 5.74) is 3.01. The first kappa shape index (κ1) is 20.4. The Morgan fingerprint density at radius 1 is 1.22 bits per heavy atom. The molecule has 0 spiro atoms. The monoisotopic (exact) mass is 446 g/mol. The van der Waals surface area contributed by atoms with Crippen LogP contribution in [0.2, 0.25) is 0 Å². The molecule has 0 fully saturated rings. The molecule has 1 aliphatic heterocycles. The highest BCUT2D eigenvalue weighted by Crippen LogP contribution is 2.37. The maximum absolute atomic E-state index is 13.1. The number of aromatic nitrogens is 2. The first-order valence-electron chi connectivity index (χ1n) is 10.3. The first-order chi connectivity index (χ1) is 15.5. The number of oxazole rings is 1. The number of aryl methyl sites for hydroxylation is 1. The summed E-state index contributed by atoms with van der Waals surface area (Å²) in [4.78, 5) is 32.6. The number of carbonyl (C=O) groups excluding carboxylic acids is 2. The van der Waals surface area contributed by atoms with E-state index in [1.807, 2.05) is 55.7 Å². The summed E-state index contributed by atoms with van der Waals surface area (Å²) in [5, 5.41) is 3.87. The van der Waals surface area contributed by atoms with E-state index >= 15 is 0 Å². The minimum Gasteiger partial charge on any atom is -0.437 e. The molecule has 1 N–H and O–H groups in total. The Morgan fingerprint density at radius 3 is 2.84 bits per heavy atom. The van der Waals surface area contributed by atoms with Crippen LogP contribution in [0.4, 0.5) is 5.69 Å². The first-order valence-corrected chi connectivity index (χ1v) is 11.3. The lowest BCUT2D eigenvalue weighted by Crippen LogP contribution is -2.48. The molecule has 7 nitrogen and oxygen atoms in total. The van der Waals surface area contributed by atoms with Crippen molar-refractivity contribution in [2.24, 2.45) is 7.05 Å². The van der Waals surface area contributed by atoms with Crippen molar-refractivity contribution < 1.29 is 14.0 Å². The molecule has 0 bridgehead atoms. The van der Waals surface area contributed by atoms with Crippen LogP contribution in [0.1, 0.15) is 22.0 Å². The van der Waals surface area contributed by atoms with E-state index in [9.17, 15) is 9.59 Å². The number of rotatable bonds is 4. The van der Waals surface area contributed by atoms with Gasteiger partial charge in [0, 0.05) is 48.3 Å². The molecular weight excluding hydrogens is 424 g/mol. The number of carbonyl (C=O) groups is 2. The quantitative estimate of drug-likeness (QED) is 0.518. The second-order valence-corrected chi connectivity index (χ2v) is 8.90. The molecule has 0 aliphatic carbocycles. The van der Waals surface area contributed by atoms with Gasteiger partial charge < -0.3 is 19.2 Å². The van der Waals surface area contributed by atoms with Crippen molar-refractivity contribution in [1.82, 2.24) is 14.9 Å². The summed E-state index contributed by atoms with van der Waals surface area (Å²) < 4.78 is 7.70. The van der Waals surface area contributed by atoms with E-state index in [4.69, 9.17) is 4.42 Å². The average molecular weight is 447 g/mol. The van der Waals surface area contributed by atoms with Crippen molar-refractivity contribution in [2.45, 2.75) is 17.4 Å². The van der Waals surface area contributed by atoms with Gasteiger partial charge in [-0.15, -0.1) is 11.8 Å². The lowest BCUT2D eigenvalue weighted by atomic mass is 10.1. The van der Waals surface area contributed by atoms with Crippen molar-refractivity contribution in [3.05, 3.63) is 78.1 Å². The Labute approximate surface area is 189 Å². The predicted octanol–water partition coefficient (Wildman–Crippen LogP) is 3.62. The molecule has 0 radical (unpaired) electrons. The van der Waals surface area contributed by atoms with Crippen LogP contribution in [0.5, 0.6) is 0 Å². The van der Waals surface area contributed by atoms with Crippen LogP contribution in [-0.4, -0.2) is 40.2 Å². The fourth-order valence-electron chi connectivity index (χ4n) is 3.87. The van der Waals surface area contributed by atoms with Crippen LogP contribution in [-0.2, 0) is 18.3 Å². The van der Waals surface area contributed by atoms with E-state index in [0.717, 1.165) is 27.0 Å². The number of thioether (sulfide) groups is 1. The van der Waals surface area contributed by atoms with E-state index in [2.05, 4.69) is 20.9 Å². The summed E-state index contributed by atoms with van der Waals surface area (Å²) in [6.45, 7) is 0. The highest BCUT2D eigenvalue weighted by molar-refractivity contribution is 7.99. The third kappa shape index (κ3) is 3.78. The van der Waals surface area contributed by atoms with E-state index < -0.39 is 11.9 Å². The Kier molecular flexibility index (Phi) is 5.22. The number of hydrogen-bond acceptors (Lipinski definition) is 5. The molecule has 0 saturated heterocycles. The average Bonchev–Trinajstić information content (AvgIpc) is 3.39. The van der Waals surface area contributed by atoms with Gasteiger partial charge in [-0.3, -0.25) is 9.59 Å². The zero-order valence-corrected chi connectivity index (χ0v) is 18.6. The highest BCUT2D eigenvalue weighted by Gasteiger charge is 2.31. The fraction of sp³-hybridized carbons (Fsp3) is 0.208. The molecular formula is C24H22N4O3S. The van der Waals surface area contributed by atoms with Gasteiger partial charge in [0.1, 0.15) is 11.8 Å². The number of fused-ring (bicyclic) bond motifs is 2. The van der Waals surface area contributed by atoms with Crippen LogP contribution in [0.15, 0.2) is 70.2 Å². The van der Waals surface area contributed by atoms with Crippen molar-refractivity contribution >= 4 is 40.2 Å². The lowest BCUT2D eigenvalue weighted by Gasteiger charge is -2.21. The van der Waals surface area contributed by atoms with Gasteiger partial charge in [-0.05, 0) is 23.8 Å². The maximum Gasteiger partial charge on any atom is 0.307 e. The van der Waals surface area contributed by atoms with Gasteiger partial charge in [-0.1, -0.05) is 30.3 Å². The van der Waals surface area contributed by atoms with Crippen molar-refractivity contribution in [1.29, 1.82) is 0 Å². The van der Waals surface area contributed by atoms with Gasteiger partial charge in [0.2, 0.25) is 5.91 Å². The number of amides is 2. The molecule has 1 atom stereocenters. The standard InChI is InChI=1S/C24H22N4O3S/c1-27-9-8-16-11-20-21(12-19(16)27)32-14-18(24(30)28(20)2)26-22(29)23-25-13-17(31-23)10-15-6-4-3-5-7-15/h3-9,11-13,18H,10,14H2,1-2H3,(H,26,29)/t18-/m0/s1. The zero-order valence-electron chi connectivity index (χ0n) is 17.7. The van der Waals surface area contributed by atoms with E-state index in [-0.39, 0.29) is 11.8 Å². The molecule has 0 saturated carbocycles. The Bertz CT molecular complexity index is 1310. The van der Waals surface area contributed by atoms with Crippen LogP contribution >= 0.6 is 11.8 Å². The van der Waals surface area contributed by atoms with Crippen LogP contribution < -0.4 is 10.2 Å². The second kappa shape index (κ2) is 8.20. The number of hydrogen-bond donors (Lipinski definition) is 1. The molecule has 2 amide bonds. The smallest absolute Gasteiger partial charge is 0.307 e. The Hall–Kier alpha value is -3.52. The number of nitrogens with one attached hydrogen (secondary N) is 1. The molecule has 32 heavy (non-hydrogen) atoms. The third-order valence-electron chi connectivity index (χ3n) is 5.64. The van der Waals surface area contributed by atoms with Crippen LogP contribution in [0.25, 0.3) is 10.9 Å². The SMILES string of the molecule is CN1C(=O)[C@@H](NC(=O)c2ncc(Cc3ccccc3)o2)CSc2cc3c(ccn3C)cc21. The molecule has 2 aromatic carbocycles. The highest BCUT2D eigenvalue weighted by atomic mass is 32.2. The van der Waals surface area contributed by atoms with Crippen molar-refractivity contribution in [3.8, 4) is 0 Å². The molecule has 5 rings (SSSR count). The molecule has 1 aliphatic rings. The Balaban J connectivity index is 1.32. The molecule has 2 aromatic heterocycles. The molecule has 162 valence electrons.